The predicted octanol–water partition coefficient (Wildman–Crippen LogP) is 7.54. The van der Waals surface area contributed by atoms with Gasteiger partial charge in [0.05, 0.1) is 11.3 Å². The maximum Gasteiger partial charge on any atom is 0.306 e. The topological polar surface area (TPSA) is 84.5 Å². The molecule has 2 amide bonds. The molecular formula is C39H42N2O4S. The second-order valence-electron chi connectivity index (χ2n) is 11.8. The van der Waals surface area contributed by atoms with Crippen LogP contribution in [0.3, 0.4) is 0 Å². The third-order valence-electron chi connectivity index (χ3n) is 8.52. The first kappa shape index (κ1) is 33.0. The molecule has 0 aromatic heterocycles. The zero-order valence-corrected chi connectivity index (χ0v) is 27.1. The molecule has 4 aromatic rings. The number of esters is 1. The number of fused-ring (bicyclic) bond motifs is 1. The first-order valence-corrected chi connectivity index (χ1v) is 16.7. The summed E-state index contributed by atoms with van der Waals surface area (Å²) >= 11 is 4.37. The summed E-state index contributed by atoms with van der Waals surface area (Å²) in [5.74, 6) is -0.657. The Balaban J connectivity index is 1.23. The van der Waals surface area contributed by atoms with Crippen molar-refractivity contribution in [1.82, 2.24) is 10.6 Å². The highest BCUT2D eigenvalue weighted by atomic mass is 32.1. The number of nitrogens with one attached hydrogen (secondary N) is 2. The van der Waals surface area contributed by atoms with Crippen LogP contribution in [0, 0.1) is 0 Å². The van der Waals surface area contributed by atoms with Gasteiger partial charge in [0, 0.05) is 12.8 Å². The van der Waals surface area contributed by atoms with Gasteiger partial charge in [-0.05, 0) is 58.7 Å². The highest BCUT2D eigenvalue weighted by Gasteiger charge is 2.31. The van der Waals surface area contributed by atoms with Gasteiger partial charge < -0.3 is 15.4 Å². The first-order chi connectivity index (χ1) is 22.4. The molecule has 1 heterocycles. The normalized spacial score (nSPS) is 16.5. The lowest BCUT2D eigenvalue weighted by atomic mass is 9.91. The summed E-state index contributed by atoms with van der Waals surface area (Å²) in [5, 5.41) is 5.67. The largest absolute Gasteiger partial charge is 0.453 e. The number of carbonyl (C=O) groups excluding carboxylic acids is 3. The summed E-state index contributed by atoms with van der Waals surface area (Å²) in [6, 6.07) is 35.2. The molecule has 0 radical (unpaired) electrons. The van der Waals surface area contributed by atoms with Gasteiger partial charge >= 0.3 is 5.97 Å². The number of thiol groups is 1. The molecule has 46 heavy (non-hydrogen) atoms. The summed E-state index contributed by atoms with van der Waals surface area (Å²) in [5.41, 5.74) is 6.17. The van der Waals surface area contributed by atoms with E-state index in [0.717, 1.165) is 46.2 Å². The molecule has 1 unspecified atom stereocenters. The maximum atomic E-state index is 13.4. The minimum atomic E-state index is -0.669. The Morgan fingerprint density at radius 1 is 0.848 bits per heavy atom. The van der Waals surface area contributed by atoms with Crippen molar-refractivity contribution in [1.29, 1.82) is 0 Å². The standard InChI is InChI=1S/C39H42N2O4S/c1-2-35(46)39(44)41-34-26-31-24-23-30(27-15-7-3-8-16-27)25-32(31)33(40-38(34)43)21-13-6-14-22-36(42)45-37(28-17-9-4-10-18-28)29-19-11-5-12-20-29/h3-5,7-12,15-20,23-25,33-35,37,46H,2,6,13-14,21-22,26H2,1H3,(H,40,43)(H,41,44)/t33?,34-,35-/m0/s1. The molecule has 7 heteroatoms. The van der Waals surface area contributed by atoms with Crippen molar-refractivity contribution in [2.75, 3.05) is 0 Å². The van der Waals surface area contributed by atoms with E-state index in [1.165, 1.54) is 0 Å². The van der Waals surface area contributed by atoms with Crippen molar-refractivity contribution >= 4 is 30.4 Å². The van der Waals surface area contributed by atoms with E-state index in [1.807, 2.05) is 85.8 Å². The Kier molecular flexibility index (Phi) is 11.7. The molecule has 3 atom stereocenters. The van der Waals surface area contributed by atoms with E-state index >= 15 is 0 Å². The number of amides is 2. The van der Waals surface area contributed by atoms with Gasteiger partial charge in [-0.25, -0.2) is 0 Å². The van der Waals surface area contributed by atoms with Crippen molar-refractivity contribution in [2.24, 2.45) is 0 Å². The van der Waals surface area contributed by atoms with E-state index in [1.54, 1.807) is 0 Å². The van der Waals surface area contributed by atoms with E-state index in [2.05, 4.69) is 53.6 Å². The fourth-order valence-corrected chi connectivity index (χ4v) is 6.02. The lowest BCUT2D eigenvalue weighted by Crippen LogP contribution is -2.49. The average molecular weight is 635 g/mol. The molecule has 4 aromatic carbocycles. The SMILES string of the molecule is CC[C@H](S)C(=O)N[C@H]1Cc2ccc(-c3ccccc3)cc2C(CCCCCC(=O)OC(c2ccccc2)c2ccccc2)NC1=O. The number of carbonyl (C=O) groups is 3. The third-order valence-corrected chi connectivity index (χ3v) is 9.12. The molecule has 0 saturated heterocycles. The number of ether oxygens (including phenoxy) is 1. The van der Waals surface area contributed by atoms with Crippen LogP contribution in [-0.4, -0.2) is 29.1 Å². The summed E-state index contributed by atoms with van der Waals surface area (Å²) in [6.07, 6.45) is 3.90. The van der Waals surface area contributed by atoms with Gasteiger partial charge in [-0.15, -0.1) is 0 Å². The minimum absolute atomic E-state index is 0.191. The average Bonchev–Trinajstić information content (AvgIpc) is 3.22. The molecule has 0 spiro atoms. The second kappa shape index (κ2) is 16.3. The van der Waals surface area contributed by atoms with Gasteiger partial charge in [0.15, 0.2) is 6.10 Å². The van der Waals surface area contributed by atoms with Gasteiger partial charge in [0.25, 0.3) is 0 Å². The van der Waals surface area contributed by atoms with Crippen LogP contribution in [0.15, 0.2) is 109 Å². The monoisotopic (exact) mass is 634 g/mol. The first-order valence-electron chi connectivity index (χ1n) is 16.2. The lowest BCUT2D eigenvalue weighted by molar-refractivity contribution is -0.147. The summed E-state index contributed by atoms with van der Waals surface area (Å²) < 4.78 is 5.98. The molecule has 1 aliphatic heterocycles. The van der Waals surface area contributed by atoms with Crippen molar-refractivity contribution in [3.8, 4) is 11.1 Å². The van der Waals surface area contributed by atoms with Crippen LogP contribution in [-0.2, 0) is 25.5 Å². The molecule has 5 rings (SSSR count). The van der Waals surface area contributed by atoms with Gasteiger partial charge in [-0.3, -0.25) is 14.4 Å². The predicted molar refractivity (Wildman–Crippen MR) is 185 cm³/mol. The van der Waals surface area contributed by atoms with E-state index < -0.39 is 17.4 Å². The highest BCUT2D eigenvalue weighted by Crippen LogP contribution is 2.32. The van der Waals surface area contributed by atoms with Crippen molar-refractivity contribution in [3.05, 3.63) is 131 Å². The second-order valence-corrected chi connectivity index (χ2v) is 12.4. The minimum Gasteiger partial charge on any atom is -0.453 e. The molecule has 0 saturated carbocycles. The van der Waals surface area contributed by atoms with Crippen LogP contribution in [0.25, 0.3) is 11.1 Å². The number of unbranched alkanes of at least 4 members (excludes halogenated alkanes) is 2. The Bertz CT molecular complexity index is 1560. The maximum absolute atomic E-state index is 13.4. The zero-order chi connectivity index (χ0) is 32.3. The quantitative estimate of drug-likeness (QED) is 0.0806. The Morgan fingerprint density at radius 2 is 1.48 bits per heavy atom. The van der Waals surface area contributed by atoms with E-state index in [4.69, 9.17) is 4.74 Å². The fourth-order valence-electron chi connectivity index (χ4n) is 5.94. The Labute approximate surface area is 277 Å². The number of benzene rings is 4. The molecule has 238 valence electrons. The van der Waals surface area contributed by atoms with E-state index in [9.17, 15) is 14.4 Å². The van der Waals surface area contributed by atoms with Crippen LogP contribution < -0.4 is 10.6 Å². The van der Waals surface area contributed by atoms with Crippen molar-refractivity contribution in [2.45, 2.75) is 75.3 Å². The number of hydrogen-bond donors (Lipinski definition) is 3. The van der Waals surface area contributed by atoms with Gasteiger partial charge in [-0.2, -0.15) is 12.6 Å². The van der Waals surface area contributed by atoms with E-state index in [0.29, 0.717) is 32.1 Å². The zero-order valence-electron chi connectivity index (χ0n) is 26.2. The summed E-state index contributed by atoms with van der Waals surface area (Å²) in [6.45, 7) is 1.89. The smallest absolute Gasteiger partial charge is 0.306 e. The van der Waals surface area contributed by atoms with Crippen LogP contribution in [0.5, 0.6) is 0 Å². The lowest BCUT2D eigenvalue weighted by Gasteiger charge is -2.21. The molecule has 0 aliphatic carbocycles. The summed E-state index contributed by atoms with van der Waals surface area (Å²) in [7, 11) is 0. The third kappa shape index (κ3) is 8.67. The number of rotatable bonds is 13. The molecule has 0 bridgehead atoms. The number of hydrogen-bond acceptors (Lipinski definition) is 5. The van der Waals surface area contributed by atoms with E-state index in [-0.39, 0.29) is 23.8 Å². The molecule has 0 fully saturated rings. The Morgan fingerprint density at radius 3 is 2.11 bits per heavy atom. The Hall–Kier alpha value is -4.36. The van der Waals surface area contributed by atoms with Gasteiger partial charge in [-0.1, -0.05) is 123 Å². The van der Waals surface area contributed by atoms with Crippen LogP contribution in [0.1, 0.15) is 79.8 Å². The van der Waals surface area contributed by atoms with Crippen molar-refractivity contribution in [3.63, 3.8) is 0 Å². The molecular weight excluding hydrogens is 593 g/mol. The van der Waals surface area contributed by atoms with Crippen molar-refractivity contribution < 1.29 is 19.1 Å². The van der Waals surface area contributed by atoms with Crippen LogP contribution in [0.2, 0.25) is 0 Å². The fraction of sp³-hybridized carbons (Fsp3) is 0.308. The van der Waals surface area contributed by atoms with Gasteiger partial charge in [0.2, 0.25) is 11.8 Å². The van der Waals surface area contributed by atoms with Crippen LogP contribution >= 0.6 is 12.6 Å². The molecule has 1 aliphatic rings. The summed E-state index contributed by atoms with van der Waals surface area (Å²) in [4.78, 5) is 39.0. The van der Waals surface area contributed by atoms with Crippen LogP contribution in [0.4, 0.5) is 0 Å². The molecule has 6 nitrogen and oxygen atoms in total. The highest BCUT2D eigenvalue weighted by molar-refractivity contribution is 7.81. The molecule has 2 N–H and O–H groups in total. The van der Waals surface area contributed by atoms with Gasteiger partial charge in [0.1, 0.15) is 6.04 Å².